The Morgan fingerprint density at radius 3 is 2.45 bits per heavy atom. The van der Waals surface area contributed by atoms with Gasteiger partial charge < -0.3 is 14.9 Å². The molecule has 0 amide bonds. The number of aliphatic hydroxyl groups is 2. The monoisotopic (exact) mass is 160 g/mol. The van der Waals surface area contributed by atoms with Gasteiger partial charge in [0.2, 0.25) is 0 Å². The highest BCUT2D eigenvalue weighted by atomic mass is 16.5. The van der Waals surface area contributed by atoms with Gasteiger partial charge in [-0.1, -0.05) is 0 Å². The minimum atomic E-state index is -0.989. The second kappa shape index (κ2) is 2.73. The summed E-state index contributed by atoms with van der Waals surface area (Å²) in [6.07, 6.45) is -0.505. The molecule has 0 aromatic rings. The summed E-state index contributed by atoms with van der Waals surface area (Å²) in [6, 6.07) is 0. The van der Waals surface area contributed by atoms with Crippen LogP contribution in [-0.2, 0) is 4.74 Å². The fourth-order valence-electron chi connectivity index (χ4n) is 1.70. The van der Waals surface area contributed by atoms with Crippen LogP contribution in [0.3, 0.4) is 0 Å². The summed E-state index contributed by atoms with van der Waals surface area (Å²) in [5.74, 6) is 0. The van der Waals surface area contributed by atoms with Gasteiger partial charge in [0.15, 0.2) is 0 Å². The van der Waals surface area contributed by atoms with E-state index < -0.39 is 11.7 Å². The number of ether oxygens (including phenoxy) is 1. The molecule has 1 unspecified atom stereocenters. The van der Waals surface area contributed by atoms with Gasteiger partial charge in [-0.05, 0) is 20.8 Å². The van der Waals surface area contributed by atoms with Crippen molar-refractivity contribution in [2.75, 3.05) is 0 Å². The van der Waals surface area contributed by atoms with Crippen molar-refractivity contribution in [3.8, 4) is 0 Å². The van der Waals surface area contributed by atoms with Crippen LogP contribution >= 0.6 is 0 Å². The molecule has 3 heteroatoms. The molecule has 66 valence electrons. The highest BCUT2D eigenvalue weighted by Gasteiger charge is 2.41. The first-order chi connectivity index (χ1) is 4.93. The molecule has 1 aliphatic rings. The van der Waals surface area contributed by atoms with Crippen molar-refractivity contribution in [1.29, 1.82) is 0 Å². The minimum absolute atomic E-state index is 0.0309. The zero-order chi connectivity index (χ0) is 8.65. The van der Waals surface area contributed by atoms with E-state index in [9.17, 15) is 10.2 Å². The van der Waals surface area contributed by atoms with E-state index in [4.69, 9.17) is 4.74 Å². The first-order valence-corrected chi connectivity index (χ1v) is 3.99. The van der Waals surface area contributed by atoms with E-state index in [1.54, 1.807) is 13.8 Å². The minimum Gasteiger partial charge on any atom is -0.387 e. The highest BCUT2D eigenvalue weighted by molar-refractivity contribution is 4.91. The SMILES string of the molecule is CC1O[C@@H](C)C[C@](C)(O)[C@@H]1O. The normalized spacial score (nSPS) is 52.6. The molecule has 1 heterocycles. The molecule has 1 saturated heterocycles. The Morgan fingerprint density at radius 2 is 2.00 bits per heavy atom. The van der Waals surface area contributed by atoms with E-state index in [1.165, 1.54) is 0 Å². The Balaban J connectivity index is 2.67. The Bertz CT molecular complexity index is 144. The Hall–Kier alpha value is -0.120. The molecule has 3 nitrogen and oxygen atoms in total. The molecule has 4 atom stereocenters. The third kappa shape index (κ3) is 1.72. The van der Waals surface area contributed by atoms with Crippen LogP contribution < -0.4 is 0 Å². The molecule has 0 bridgehead atoms. The fourth-order valence-corrected chi connectivity index (χ4v) is 1.70. The summed E-state index contributed by atoms with van der Waals surface area (Å²) >= 11 is 0. The molecule has 1 fully saturated rings. The van der Waals surface area contributed by atoms with Crippen LogP contribution in [0.5, 0.6) is 0 Å². The largest absolute Gasteiger partial charge is 0.387 e. The van der Waals surface area contributed by atoms with Crippen LogP contribution in [0.15, 0.2) is 0 Å². The summed E-state index contributed by atoms with van der Waals surface area (Å²) < 4.78 is 5.32. The van der Waals surface area contributed by atoms with Crippen LogP contribution in [-0.4, -0.2) is 34.1 Å². The summed E-state index contributed by atoms with van der Waals surface area (Å²) in [7, 11) is 0. The highest BCUT2D eigenvalue weighted by Crippen LogP contribution is 2.28. The summed E-state index contributed by atoms with van der Waals surface area (Å²) in [5, 5.41) is 19.1. The van der Waals surface area contributed by atoms with Gasteiger partial charge in [-0.25, -0.2) is 0 Å². The second-order valence-electron chi connectivity index (χ2n) is 3.66. The van der Waals surface area contributed by atoms with Crippen molar-refractivity contribution in [3.05, 3.63) is 0 Å². The maximum Gasteiger partial charge on any atom is 0.108 e. The van der Waals surface area contributed by atoms with E-state index in [2.05, 4.69) is 0 Å². The van der Waals surface area contributed by atoms with Gasteiger partial charge in [-0.2, -0.15) is 0 Å². The summed E-state index contributed by atoms with van der Waals surface area (Å²) in [4.78, 5) is 0. The van der Waals surface area contributed by atoms with E-state index >= 15 is 0 Å². The third-order valence-electron chi connectivity index (χ3n) is 2.23. The predicted molar refractivity (Wildman–Crippen MR) is 41.3 cm³/mol. The topological polar surface area (TPSA) is 49.7 Å². The molecule has 2 N–H and O–H groups in total. The predicted octanol–water partition coefficient (Wildman–Crippen LogP) is 0.296. The van der Waals surface area contributed by atoms with Crippen LogP contribution in [0.25, 0.3) is 0 Å². The Morgan fingerprint density at radius 1 is 1.45 bits per heavy atom. The molecule has 0 spiro atoms. The number of rotatable bonds is 0. The fraction of sp³-hybridized carbons (Fsp3) is 1.00. The van der Waals surface area contributed by atoms with Gasteiger partial charge in [0.25, 0.3) is 0 Å². The van der Waals surface area contributed by atoms with Gasteiger partial charge in [0, 0.05) is 6.42 Å². The second-order valence-corrected chi connectivity index (χ2v) is 3.66. The van der Waals surface area contributed by atoms with Gasteiger partial charge in [-0.15, -0.1) is 0 Å². The van der Waals surface area contributed by atoms with Crippen molar-refractivity contribution in [3.63, 3.8) is 0 Å². The first-order valence-electron chi connectivity index (χ1n) is 3.99. The third-order valence-corrected chi connectivity index (χ3v) is 2.23. The smallest absolute Gasteiger partial charge is 0.108 e. The Kier molecular flexibility index (Phi) is 2.23. The maximum atomic E-state index is 9.65. The molecule has 0 aromatic heterocycles. The number of hydrogen-bond acceptors (Lipinski definition) is 3. The lowest BCUT2D eigenvalue weighted by molar-refractivity contribution is -0.199. The molecule has 0 saturated carbocycles. The lowest BCUT2D eigenvalue weighted by Gasteiger charge is -2.41. The number of hydrogen-bond donors (Lipinski definition) is 2. The van der Waals surface area contributed by atoms with Crippen LogP contribution in [0, 0.1) is 0 Å². The Labute approximate surface area is 67.0 Å². The van der Waals surface area contributed by atoms with E-state index in [0.717, 1.165) is 0 Å². The molecular weight excluding hydrogens is 144 g/mol. The van der Waals surface area contributed by atoms with Gasteiger partial charge >= 0.3 is 0 Å². The average molecular weight is 160 g/mol. The van der Waals surface area contributed by atoms with Crippen molar-refractivity contribution >= 4 is 0 Å². The maximum absolute atomic E-state index is 9.65. The lowest BCUT2D eigenvalue weighted by atomic mass is 9.87. The van der Waals surface area contributed by atoms with E-state index in [0.29, 0.717) is 6.42 Å². The summed E-state index contributed by atoms with van der Waals surface area (Å²) in [5.41, 5.74) is -0.989. The summed E-state index contributed by atoms with van der Waals surface area (Å²) in [6.45, 7) is 5.32. The zero-order valence-electron chi connectivity index (χ0n) is 7.24. The molecule has 0 aliphatic carbocycles. The standard InChI is InChI=1S/C8H16O3/c1-5-4-8(3,10)7(9)6(2)11-5/h5-7,9-10H,4H2,1-3H3/t5-,6?,7+,8-/m0/s1. The molecule has 1 rings (SSSR count). The molecule has 11 heavy (non-hydrogen) atoms. The molecule has 1 aliphatic heterocycles. The van der Waals surface area contributed by atoms with Gasteiger partial charge in [0.1, 0.15) is 6.10 Å². The molecular formula is C8H16O3. The van der Waals surface area contributed by atoms with Gasteiger partial charge in [0.05, 0.1) is 17.8 Å². The van der Waals surface area contributed by atoms with Crippen molar-refractivity contribution < 1.29 is 14.9 Å². The van der Waals surface area contributed by atoms with E-state index in [1.807, 2.05) is 6.92 Å². The average Bonchev–Trinajstić information content (AvgIpc) is 1.81. The van der Waals surface area contributed by atoms with Crippen LogP contribution in [0.2, 0.25) is 0 Å². The quantitative estimate of drug-likeness (QED) is 0.535. The van der Waals surface area contributed by atoms with Crippen LogP contribution in [0.1, 0.15) is 27.2 Å². The van der Waals surface area contributed by atoms with Gasteiger partial charge in [-0.3, -0.25) is 0 Å². The number of aliphatic hydroxyl groups excluding tert-OH is 1. The van der Waals surface area contributed by atoms with Crippen LogP contribution in [0.4, 0.5) is 0 Å². The molecule has 0 aromatic carbocycles. The van der Waals surface area contributed by atoms with Crippen molar-refractivity contribution in [1.82, 2.24) is 0 Å². The zero-order valence-corrected chi connectivity index (χ0v) is 7.24. The first kappa shape index (κ1) is 8.97. The lowest BCUT2D eigenvalue weighted by Crippen LogP contribution is -2.53. The van der Waals surface area contributed by atoms with Crippen molar-refractivity contribution in [2.24, 2.45) is 0 Å². The van der Waals surface area contributed by atoms with Crippen molar-refractivity contribution in [2.45, 2.75) is 51.1 Å². The molecule has 0 radical (unpaired) electrons. The van der Waals surface area contributed by atoms with E-state index in [-0.39, 0.29) is 12.2 Å².